The molecule has 0 aliphatic rings. The van der Waals surface area contributed by atoms with Gasteiger partial charge in [0.2, 0.25) is 5.91 Å². The van der Waals surface area contributed by atoms with Crippen molar-refractivity contribution >= 4 is 39.2 Å². The van der Waals surface area contributed by atoms with Gasteiger partial charge in [-0.2, -0.15) is 0 Å². The number of carbonyl (C=O) groups is 2. The van der Waals surface area contributed by atoms with E-state index in [4.69, 9.17) is 0 Å². The molecule has 0 heterocycles. The highest BCUT2D eigenvalue weighted by molar-refractivity contribution is 8.00. The predicted octanol–water partition coefficient (Wildman–Crippen LogP) is 4.09. The van der Waals surface area contributed by atoms with Crippen LogP contribution in [0, 0.1) is 0 Å². The number of amides is 1. The zero-order valence-electron chi connectivity index (χ0n) is 15.8. The lowest BCUT2D eigenvalue weighted by molar-refractivity contribution is -0.113. The third kappa shape index (κ3) is 5.71. The molecule has 3 aromatic carbocycles. The molecule has 3 aromatic rings. The second kappa shape index (κ2) is 9.60. The van der Waals surface area contributed by atoms with E-state index in [0.29, 0.717) is 10.6 Å². The molecule has 30 heavy (non-hydrogen) atoms. The third-order valence-electron chi connectivity index (χ3n) is 4.19. The Labute approximate surface area is 178 Å². The van der Waals surface area contributed by atoms with Gasteiger partial charge >= 0.3 is 5.97 Å². The predicted molar refractivity (Wildman–Crippen MR) is 117 cm³/mol. The van der Waals surface area contributed by atoms with E-state index >= 15 is 0 Å². The number of hydrogen-bond donors (Lipinski definition) is 2. The standard InChI is InChI=1S/C22H19NO5S2/c24-21(23-17-7-3-1-4-8-17)14-29-18-12-11-16(20(13-18)22(25)26)15-30(27,28)19-9-5-2-6-10-19/h1-13H,14-15H2,(H,23,24)(H,25,26). The number of aromatic carboxylic acids is 1. The quantitative estimate of drug-likeness (QED) is 0.511. The maximum Gasteiger partial charge on any atom is 0.336 e. The minimum Gasteiger partial charge on any atom is -0.478 e. The van der Waals surface area contributed by atoms with Crippen LogP contribution in [0.15, 0.2) is 88.7 Å². The van der Waals surface area contributed by atoms with Crippen molar-refractivity contribution in [3.8, 4) is 0 Å². The summed E-state index contributed by atoms with van der Waals surface area (Å²) in [5, 5.41) is 12.3. The fourth-order valence-electron chi connectivity index (χ4n) is 2.75. The molecule has 0 unspecified atom stereocenters. The van der Waals surface area contributed by atoms with Gasteiger partial charge in [-0.1, -0.05) is 42.5 Å². The van der Waals surface area contributed by atoms with Crippen LogP contribution in [0.3, 0.4) is 0 Å². The number of thioether (sulfide) groups is 1. The van der Waals surface area contributed by atoms with Gasteiger partial charge in [0.1, 0.15) is 0 Å². The van der Waals surface area contributed by atoms with E-state index in [9.17, 15) is 23.1 Å². The normalized spacial score (nSPS) is 11.1. The lowest BCUT2D eigenvalue weighted by atomic mass is 10.1. The molecule has 1 amide bonds. The van der Waals surface area contributed by atoms with Gasteiger partial charge in [0.05, 0.1) is 22.0 Å². The average molecular weight is 442 g/mol. The molecule has 0 spiro atoms. The van der Waals surface area contributed by atoms with Crippen LogP contribution in [0.25, 0.3) is 0 Å². The summed E-state index contributed by atoms with van der Waals surface area (Å²) in [6.45, 7) is 0. The van der Waals surface area contributed by atoms with Crippen molar-refractivity contribution < 1.29 is 23.1 Å². The van der Waals surface area contributed by atoms with E-state index in [1.54, 1.807) is 36.4 Å². The number of rotatable bonds is 8. The molecule has 8 heteroatoms. The lowest BCUT2D eigenvalue weighted by Crippen LogP contribution is -2.14. The molecule has 0 saturated heterocycles. The van der Waals surface area contributed by atoms with Crippen LogP contribution < -0.4 is 5.32 Å². The van der Waals surface area contributed by atoms with E-state index < -0.39 is 21.6 Å². The molecule has 3 rings (SSSR count). The number of carbonyl (C=O) groups excluding carboxylic acids is 1. The second-order valence-electron chi connectivity index (χ2n) is 6.40. The van der Waals surface area contributed by atoms with Gasteiger partial charge in [0.15, 0.2) is 9.84 Å². The number of carboxylic acids is 1. The van der Waals surface area contributed by atoms with Gasteiger partial charge in [-0.15, -0.1) is 11.8 Å². The van der Waals surface area contributed by atoms with Crippen LogP contribution in [0.2, 0.25) is 0 Å². The molecule has 154 valence electrons. The van der Waals surface area contributed by atoms with Gasteiger partial charge in [0.25, 0.3) is 0 Å². The maximum absolute atomic E-state index is 12.6. The van der Waals surface area contributed by atoms with E-state index in [1.165, 1.54) is 36.0 Å². The van der Waals surface area contributed by atoms with Gasteiger partial charge in [-0.05, 0) is 42.0 Å². The summed E-state index contributed by atoms with van der Waals surface area (Å²) in [4.78, 5) is 24.5. The second-order valence-corrected chi connectivity index (χ2v) is 9.44. The van der Waals surface area contributed by atoms with Crippen LogP contribution in [0.5, 0.6) is 0 Å². The molecular weight excluding hydrogens is 422 g/mol. The van der Waals surface area contributed by atoms with Crippen molar-refractivity contribution in [2.45, 2.75) is 15.5 Å². The van der Waals surface area contributed by atoms with E-state index in [2.05, 4.69) is 5.32 Å². The first-order valence-corrected chi connectivity index (χ1v) is 11.6. The first-order chi connectivity index (χ1) is 14.3. The Morgan fingerprint density at radius 3 is 2.17 bits per heavy atom. The van der Waals surface area contributed by atoms with Gasteiger partial charge in [0, 0.05) is 10.6 Å². The molecule has 0 aliphatic carbocycles. The molecule has 2 N–H and O–H groups in total. The maximum atomic E-state index is 12.6. The number of carboxylic acid groups (broad SMARTS) is 1. The Balaban J connectivity index is 1.72. The molecule has 0 atom stereocenters. The van der Waals surface area contributed by atoms with Crippen molar-refractivity contribution in [1.82, 2.24) is 0 Å². The summed E-state index contributed by atoms with van der Waals surface area (Å²) < 4.78 is 25.2. The number of nitrogens with one attached hydrogen (secondary N) is 1. The Bertz CT molecular complexity index is 1150. The van der Waals surface area contributed by atoms with Crippen LogP contribution in [0.1, 0.15) is 15.9 Å². The average Bonchev–Trinajstić information content (AvgIpc) is 2.74. The van der Waals surface area contributed by atoms with Gasteiger partial charge in [-0.3, -0.25) is 4.79 Å². The molecule has 0 aromatic heterocycles. The number of benzene rings is 3. The highest BCUT2D eigenvalue weighted by Crippen LogP contribution is 2.25. The fourth-order valence-corrected chi connectivity index (χ4v) is 4.89. The van der Waals surface area contributed by atoms with Crippen LogP contribution in [-0.4, -0.2) is 31.2 Å². The van der Waals surface area contributed by atoms with E-state index in [-0.39, 0.29) is 27.7 Å². The molecule has 0 radical (unpaired) electrons. The number of hydrogen-bond acceptors (Lipinski definition) is 5. The van der Waals surface area contributed by atoms with Gasteiger partial charge in [-0.25, -0.2) is 13.2 Å². The fraction of sp³-hybridized carbons (Fsp3) is 0.0909. The van der Waals surface area contributed by atoms with E-state index in [1.807, 2.05) is 18.2 Å². The molecule has 0 fully saturated rings. The zero-order valence-corrected chi connectivity index (χ0v) is 17.4. The summed E-state index contributed by atoms with van der Waals surface area (Å²) in [7, 11) is -3.68. The summed E-state index contributed by atoms with van der Waals surface area (Å²) in [5.74, 6) is -1.77. The first-order valence-electron chi connectivity index (χ1n) is 8.97. The zero-order chi connectivity index (χ0) is 21.6. The number of anilines is 1. The lowest BCUT2D eigenvalue weighted by Gasteiger charge is -2.10. The highest BCUT2D eigenvalue weighted by atomic mass is 32.2. The minimum absolute atomic E-state index is 0.0929. The molecular formula is C22H19NO5S2. The van der Waals surface area contributed by atoms with Gasteiger partial charge < -0.3 is 10.4 Å². The number of sulfone groups is 1. The van der Waals surface area contributed by atoms with E-state index in [0.717, 1.165) is 0 Å². The van der Waals surface area contributed by atoms with Crippen molar-refractivity contribution in [2.24, 2.45) is 0 Å². The van der Waals surface area contributed by atoms with Crippen LogP contribution in [-0.2, 0) is 20.4 Å². The number of para-hydroxylation sites is 1. The molecule has 0 saturated carbocycles. The topological polar surface area (TPSA) is 101 Å². The summed E-state index contributed by atoms with van der Waals surface area (Å²) >= 11 is 1.18. The Morgan fingerprint density at radius 1 is 0.900 bits per heavy atom. The Kier molecular flexibility index (Phi) is 6.91. The summed E-state index contributed by atoms with van der Waals surface area (Å²) in [5.41, 5.74) is 0.781. The Morgan fingerprint density at radius 2 is 1.53 bits per heavy atom. The smallest absolute Gasteiger partial charge is 0.336 e. The molecule has 6 nitrogen and oxygen atoms in total. The highest BCUT2D eigenvalue weighted by Gasteiger charge is 2.20. The summed E-state index contributed by atoms with van der Waals surface area (Å²) in [6, 6.07) is 21.4. The summed E-state index contributed by atoms with van der Waals surface area (Å²) in [6.07, 6.45) is 0. The van der Waals surface area contributed by atoms with Crippen LogP contribution in [0.4, 0.5) is 5.69 Å². The minimum atomic E-state index is -3.68. The third-order valence-corrected chi connectivity index (χ3v) is 6.86. The Hall–Kier alpha value is -3.10. The molecule has 0 bridgehead atoms. The van der Waals surface area contributed by atoms with Crippen molar-refractivity contribution in [3.05, 3.63) is 90.0 Å². The first kappa shape index (κ1) is 21.6. The monoisotopic (exact) mass is 441 g/mol. The largest absolute Gasteiger partial charge is 0.478 e. The molecule has 0 aliphatic heterocycles. The van der Waals surface area contributed by atoms with Crippen LogP contribution >= 0.6 is 11.8 Å². The van der Waals surface area contributed by atoms with Crippen molar-refractivity contribution in [3.63, 3.8) is 0 Å². The van der Waals surface area contributed by atoms with Crippen molar-refractivity contribution in [1.29, 1.82) is 0 Å². The SMILES string of the molecule is O=C(CSc1ccc(CS(=O)(=O)c2ccccc2)c(C(=O)O)c1)Nc1ccccc1. The van der Waals surface area contributed by atoms with Crippen molar-refractivity contribution in [2.75, 3.05) is 11.1 Å².